The van der Waals surface area contributed by atoms with Crippen LogP contribution < -0.4 is 5.73 Å². The molecule has 1 unspecified atom stereocenters. The first-order chi connectivity index (χ1) is 9.00. The highest BCUT2D eigenvalue weighted by Gasteiger charge is 2.29. The Bertz CT molecular complexity index is 564. The average molecular weight is 273 g/mol. The van der Waals surface area contributed by atoms with E-state index >= 15 is 0 Å². The summed E-state index contributed by atoms with van der Waals surface area (Å²) in [5.41, 5.74) is 5.02. The molecular weight excluding hydrogens is 258 g/mol. The zero-order chi connectivity index (χ0) is 13.9. The molecule has 19 heavy (non-hydrogen) atoms. The van der Waals surface area contributed by atoms with Gasteiger partial charge in [-0.3, -0.25) is 0 Å². The Morgan fingerprint density at radius 2 is 1.58 bits per heavy atom. The predicted octanol–water partition coefficient (Wildman–Crippen LogP) is 3.10. The van der Waals surface area contributed by atoms with Crippen molar-refractivity contribution in [2.45, 2.75) is 22.3 Å². The first-order valence-electron chi connectivity index (χ1n) is 5.86. The molecule has 0 radical (unpaired) electrons. The average Bonchev–Trinajstić information content (AvgIpc) is 2.40. The van der Waals surface area contributed by atoms with Gasteiger partial charge in [0, 0.05) is 9.79 Å². The van der Waals surface area contributed by atoms with Gasteiger partial charge in [0.1, 0.15) is 5.54 Å². The van der Waals surface area contributed by atoms with Crippen LogP contribution in [0.25, 0.3) is 0 Å². The van der Waals surface area contributed by atoms with Gasteiger partial charge in [-0.2, -0.15) is 0 Å². The molecule has 4 heteroatoms. The summed E-state index contributed by atoms with van der Waals surface area (Å²) in [6, 6.07) is 17.3. The summed E-state index contributed by atoms with van der Waals surface area (Å²) < 4.78 is 0. The van der Waals surface area contributed by atoms with Crippen LogP contribution in [-0.4, -0.2) is 11.1 Å². The van der Waals surface area contributed by atoms with Gasteiger partial charge in [-0.15, -0.1) is 0 Å². The molecule has 0 heterocycles. The van der Waals surface area contributed by atoms with E-state index in [-0.39, 0.29) is 0 Å². The maximum atomic E-state index is 11.1. The normalized spacial score (nSPS) is 13.8. The Morgan fingerprint density at radius 3 is 2.11 bits per heavy atom. The quantitative estimate of drug-likeness (QED) is 0.898. The van der Waals surface area contributed by atoms with E-state index < -0.39 is 11.5 Å². The van der Waals surface area contributed by atoms with Gasteiger partial charge in [0.25, 0.3) is 0 Å². The molecule has 98 valence electrons. The van der Waals surface area contributed by atoms with Crippen molar-refractivity contribution in [3.05, 3.63) is 60.2 Å². The number of carboxylic acid groups (broad SMARTS) is 1. The van der Waals surface area contributed by atoms with Crippen molar-refractivity contribution in [1.82, 2.24) is 0 Å². The molecule has 0 bridgehead atoms. The number of aliphatic carboxylic acids is 1. The summed E-state index contributed by atoms with van der Waals surface area (Å²) in [6.45, 7) is 1.49. The lowest BCUT2D eigenvalue weighted by Crippen LogP contribution is -2.41. The third-order valence-corrected chi connectivity index (χ3v) is 3.89. The van der Waals surface area contributed by atoms with E-state index in [1.165, 1.54) is 6.92 Å². The van der Waals surface area contributed by atoms with E-state index in [9.17, 15) is 4.79 Å². The highest BCUT2D eigenvalue weighted by molar-refractivity contribution is 7.99. The van der Waals surface area contributed by atoms with Crippen molar-refractivity contribution < 1.29 is 9.90 Å². The Hall–Kier alpha value is -1.78. The largest absolute Gasteiger partial charge is 0.480 e. The minimum Gasteiger partial charge on any atom is -0.480 e. The van der Waals surface area contributed by atoms with Crippen molar-refractivity contribution >= 4 is 17.7 Å². The first kappa shape index (κ1) is 13.6. The van der Waals surface area contributed by atoms with Crippen molar-refractivity contribution in [1.29, 1.82) is 0 Å². The Kier molecular flexibility index (Phi) is 3.93. The number of carboxylic acids is 1. The molecule has 2 rings (SSSR count). The molecule has 0 spiro atoms. The number of hydrogen-bond donors (Lipinski definition) is 2. The number of benzene rings is 2. The summed E-state index contributed by atoms with van der Waals surface area (Å²) in [5.74, 6) is -1.03. The van der Waals surface area contributed by atoms with E-state index in [0.717, 1.165) is 9.79 Å². The van der Waals surface area contributed by atoms with Crippen LogP contribution in [0.2, 0.25) is 0 Å². The summed E-state index contributed by atoms with van der Waals surface area (Å²) in [6.07, 6.45) is 0. The summed E-state index contributed by atoms with van der Waals surface area (Å²) in [7, 11) is 0. The SMILES string of the molecule is CC(N)(C(=O)O)c1ccc(Sc2ccccc2)cc1. The fourth-order valence-electron chi connectivity index (χ4n) is 1.62. The van der Waals surface area contributed by atoms with Gasteiger partial charge in [-0.05, 0) is 36.8 Å². The van der Waals surface area contributed by atoms with Gasteiger partial charge in [-0.25, -0.2) is 4.79 Å². The minimum absolute atomic E-state index is 0.595. The van der Waals surface area contributed by atoms with E-state index in [4.69, 9.17) is 10.8 Å². The minimum atomic E-state index is -1.35. The van der Waals surface area contributed by atoms with E-state index in [1.807, 2.05) is 42.5 Å². The lowest BCUT2D eigenvalue weighted by Gasteiger charge is -2.19. The summed E-state index contributed by atoms with van der Waals surface area (Å²) in [4.78, 5) is 13.3. The van der Waals surface area contributed by atoms with Crippen molar-refractivity contribution in [3.63, 3.8) is 0 Å². The van der Waals surface area contributed by atoms with Gasteiger partial charge >= 0.3 is 5.97 Å². The van der Waals surface area contributed by atoms with E-state index in [0.29, 0.717) is 5.56 Å². The monoisotopic (exact) mass is 273 g/mol. The smallest absolute Gasteiger partial charge is 0.328 e. The zero-order valence-electron chi connectivity index (χ0n) is 10.5. The molecule has 0 aliphatic heterocycles. The van der Waals surface area contributed by atoms with Crippen LogP contribution in [0.1, 0.15) is 12.5 Å². The molecule has 3 nitrogen and oxygen atoms in total. The van der Waals surface area contributed by atoms with Crippen LogP contribution in [0.15, 0.2) is 64.4 Å². The van der Waals surface area contributed by atoms with E-state index in [2.05, 4.69) is 0 Å². The number of hydrogen-bond acceptors (Lipinski definition) is 3. The van der Waals surface area contributed by atoms with Gasteiger partial charge < -0.3 is 10.8 Å². The third-order valence-electron chi connectivity index (χ3n) is 2.88. The zero-order valence-corrected chi connectivity index (χ0v) is 11.4. The Morgan fingerprint density at radius 1 is 1.05 bits per heavy atom. The number of nitrogens with two attached hydrogens (primary N) is 1. The molecule has 0 aromatic heterocycles. The van der Waals surface area contributed by atoms with E-state index in [1.54, 1.807) is 23.9 Å². The molecule has 0 aliphatic rings. The highest BCUT2D eigenvalue weighted by atomic mass is 32.2. The van der Waals surface area contributed by atoms with Crippen molar-refractivity contribution in [3.8, 4) is 0 Å². The van der Waals surface area contributed by atoms with Crippen LogP contribution in [-0.2, 0) is 10.3 Å². The molecule has 0 saturated heterocycles. The highest BCUT2D eigenvalue weighted by Crippen LogP contribution is 2.29. The predicted molar refractivity (Wildman–Crippen MR) is 76.2 cm³/mol. The standard InChI is InChI=1S/C15H15NO2S/c1-15(16,14(17)18)11-7-9-13(10-8-11)19-12-5-3-2-4-6-12/h2-10H,16H2,1H3,(H,17,18). The summed E-state index contributed by atoms with van der Waals surface area (Å²) in [5, 5.41) is 9.07. The molecular formula is C15H15NO2S. The second-order valence-corrected chi connectivity index (χ2v) is 5.59. The van der Waals surface area contributed by atoms with Crippen molar-refractivity contribution in [2.75, 3.05) is 0 Å². The molecule has 1 atom stereocenters. The topological polar surface area (TPSA) is 63.3 Å². The number of carbonyl (C=O) groups is 1. The fraction of sp³-hybridized carbons (Fsp3) is 0.133. The third kappa shape index (κ3) is 3.16. The molecule has 3 N–H and O–H groups in total. The molecule has 2 aromatic carbocycles. The Labute approximate surface area is 116 Å². The first-order valence-corrected chi connectivity index (χ1v) is 6.67. The Balaban J connectivity index is 2.18. The van der Waals surface area contributed by atoms with Gasteiger partial charge in [0.05, 0.1) is 0 Å². The van der Waals surface area contributed by atoms with Gasteiger partial charge in [0.2, 0.25) is 0 Å². The van der Waals surface area contributed by atoms with Crippen LogP contribution in [0.3, 0.4) is 0 Å². The lowest BCUT2D eigenvalue weighted by atomic mass is 9.94. The molecule has 2 aromatic rings. The van der Waals surface area contributed by atoms with Crippen molar-refractivity contribution in [2.24, 2.45) is 5.73 Å². The number of rotatable bonds is 4. The van der Waals surface area contributed by atoms with Crippen LogP contribution >= 0.6 is 11.8 Å². The second-order valence-electron chi connectivity index (χ2n) is 4.45. The van der Waals surface area contributed by atoms with Gasteiger partial charge in [-0.1, -0.05) is 42.1 Å². The molecule has 0 saturated carbocycles. The maximum Gasteiger partial charge on any atom is 0.328 e. The maximum absolute atomic E-state index is 11.1. The van der Waals surface area contributed by atoms with Crippen LogP contribution in [0.4, 0.5) is 0 Å². The van der Waals surface area contributed by atoms with Gasteiger partial charge in [0.15, 0.2) is 0 Å². The summed E-state index contributed by atoms with van der Waals surface area (Å²) >= 11 is 1.63. The second kappa shape index (κ2) is 5.47. The fourth-order valence-corrected chi connectivity index (χ4v) is 2.45. The lowest BCUT2D eigenvalue weighted by molar-refractivity contribution is -0.143. The van der Waals surface area contributed by atoms with Crippen LogP contribution in [0.5, 0.6) is 0 Å². The van der Waals surface area contributed by atoms with Crippen LogP contribution in [0, 0.1) is 0 Å². The molecule has 0 amide bonds. The molecule has 0 aliphatic carbocycles. The molecule has 0 fully saturated rings.